The molecule has 0 fully saturated rings. The van der Waals surface area contributed by atoms with Gasteiger partial charge in [-0.25, -0.2) is 5.43 Å². The van der Waals surface area contributed by atoms with Crippen molar-refractivity contribution < 1.29 is 14.3 Å². The van der Waals surface area contributed by atoms with Gasteiger partial charge in [-0.15, -0.1) is 0 Å². The minimum absolute atomic E-state index is 0.0335. The Morgan fingerprint density at radius 2 is 1.64 bits per heavy atom. The first-order valence-corrected chi connectivity index (χ1v) is 9.40. The highest BCUT2D eigenvalue weighted by Gasteiger charge is 2.08. The summed E-state index contributed by atoms with van der Waals surface area (Å²) in [4.78, 5) is 23.8. The zero-order valence-electron chi connectivity index (χ0n) is 14.6. The zero-order chi connectivity index (χ0) is 20.7. The van der Waals surface area contributed by atoms with E-state index in [-0.39, 0.29) is 24.0 Å². The minimum Gasteiger partial charge on any atom is -0.482 e. The molecule has 10 heteroatoms. The van der Waals surface area contributed by atoms with E-state index in [2.05, 4.69) is 15.8 Å². The molecule has 0 aliphatic heterocycles. The van der Waals surface area contributed by atoms with Crippen LogP contribution in [0.1, 0.15) is 13.3 Å². The first-order chi connectivity index (χ1) is 13.2. The van der Waals surface area contributed by atoms with E-state index < -0.39 is 5.91 Å². The van der Waals surface area contributed by atoms with Gasteiger partial charge in [-0.3, -0.25) is 9.59 Å². The van der Waals surface area contributed by atoms with Crippen LogP contribution in [0, 0.1) is 0 Å². The van der Waals surface area contributed by atoms with Gasteiger partial charge in [0, 0.05) is 26.5 Å². The molecule has 0 unspecified atom stereocenters. The highest BCUT2D eigenvalue weighted by atomic mass is 35.5. The molecule has 0 aliphatic carbocycles. The molecule has 6 nitrogen and oxygen atoms in total. The lowest BCUT2D eigenvalue weighted by Crippen LogP contribution is -2.26. The van der Waals surface area contributed by atoms with Crippen LogP contribution in [-0.4, -0.2) is 24.1 Å². The fourth-order valence-corrected chi connectivity index (χ4v) is 3.02. The van der Waals surface area contributed by atoms with Crippen LogP contribution in [0.3, 0.4) is 0 Å². The van der Waals surface area contributed by atoms with Gasteiger partial charge in [0.25, 0.3) is 5.91 Å². The average Bonchev–Trinajstić information content (AvgIpc) is 2.58. The Morgan fingerprint density at radius 3 is 2.29 bits per heavy atom. The lowest BCUT2D eigenvalue weighted by atomic mass is 10.2. The Labute approximate surface area is 181 Å². The van der Waals surface area contributed by atoms with Crippen LogP contribution in [0.5, 0.6) is 5.75 Å². The van der Waals surface area contributed by atoms with Gasteiger partial charge in [0.1, 0.15) is 5.75 Å². The van der Waals surface area contributed by atoms with Crippen molar-refractivity contribution in [1.82, 2.24) is 5.43 Å². The molecule has 148 valence electrons. The molecule has 0 aliphatic rings. The van der Waals surface area contributed by atoms with Gasteiger partial charge in [0.15, 0.2) is 6.61 Å². The number of anilines is 1. The Bertz CT molecular complexity index is 899. The van der Waals surface area contributed by atoms with Crippen molar-refractivity contribution >= 4 is 69.6 Å². The molecule has 0 aromatic heterocycles. The third kappa shape index (κ3) is 7.56. The molecule has 2 amide bonds. The standard InChI is InChI=1S/C18H15Cl4N3O3/c1-10(4-17(26)23-14-6-12(20)5-13(21)7-14)24-25-18(27)9-28-16-3-2-11(19)8-15(16)22/h2-3,5-8H,4,9H2,1H3,(H,23,26)(H,25,27)/b24-10-. The van der Waals surface area contributed by atoms with Crippen LogP contribution in [0.15, 0.2) is 41.5 Å². The smallest absolute Gasteiger partial charge is 0.277 e. The highest BCUT2D eigenvalue weighted by Crippen LogP contribution is 2.27. The topological polar surface area (TPSA) is 79.8 Å². The summed E-state index contributed by atoms with van der Waals surface area (Å²) in [6.07, 6.45) is -0.0335. The van der Waals surface area contributed by atoms with E-state index in [9.17, 15) is 9.59 Å². The lowest BCUT2D eigenvalue weighted by Gasteiger charge is -2.08. The van der Waals surface area contributed by atoms with Crippen molar-refractivity contribution in [3.05, 3.63) is 56.5 Å². The summed E-state index contributed by atoms with van der Waals surface area (Å²) in [5, 5.41) is 8.06. The van der Waals surface area contributed by atoms with Crippen molar-refractivity contribution in [3.63, 3.8) is 0 Å². The molecule has 0 radical (unpaired) electrons. The first-order valence-electron chi connectivity index (χ1n) is 7.88. The predicted molar refractivity (Wildman–Crippen MR) is 113 cm³/mol. The number of benzene rings is 2. The summed E-state index contributed by atoms with van der Waals surface area (Å²) in [7, 11) is 0. The van der Waals surface area contributed by atoms with Crippen LogP contribution in [0.25, 0.3) is 0 Å². The van der Waals surface area contributed by atoms with Gasteiger partial charge < -0.3 is 10.1 Å². The Kier molecular flexibility index (Phi) is 8.38. The van der Waals surface area contributed by atoms with Gasteiger partial charge in [0.05, 0.1) is 11.4 Å². The normalized spacial score (nSPS) is 11.1. The molecular formula is C18H15Cl4N3O3. The molecule has 2 rings (SSSR count). The second-order valence-corrected chi connectivity index (χ2v) is 7.35. The summed E-state index contributed by atoms with van der Waals surface area (Å²) in [5.41, 5.74) is 3.16. The number of hydrazone groups is 1. The van der Waals surface area contributed by atoms with Crippen LogP contribution in [0.2, 0.25) is 20.1 Å². The average molecular weight is 463 g/mol. The number of rotatable bonds is 7. The highest BCUT2D eigenvalue weighted by molar-refractivity contribution is 6.36. The number of nitrogens with zero attached hydrogens (tertiary/aromatic N) is 1. The molecule has 0 atom stereocenters. The fraction of sp³-hybridized carbons (Fsp3) is 0.167. The largest absolute Gasteiger partial charge is 0.482 e. The Hall–Kier alpha value is -1.99. The summed E-state index contributed by atoms with van der Waals surface area (Å²) < 4.78 is 5.29. The maximum absolute atomic E-state index is 12.0. The van der Waals surface area contributed by atoms with Crippen LogP contribution in [0.4, 0.5) is 5.69 Å². The number of ether oxygens (including phenoxy) is 1. The molecule has 28 heavy (non-hydrogen) atoms. The maximum atomic E-state index is 12.0. The quantitative estimate of drug-likeness (QED) is 0.438. The number of halogens is 4. The summed E-state index contributed by atoms with van der Waals surface area (Å²) in [6, 6.07) is 9.34. The SMILES string of the molecule is C/C(CC(=O)Nc1cc(Cl)cc(Cl)c1)=N/NC(=O)COc1ccc(Cl)cc1Cl. The van der Waals surface area contributed by atoms with E-state index in [0.717, 1.165) is 0 Å². The Morgan fingerprint density at radius 1 is 0.964 bits per heavy atom. The molecule has 0 saturated heterocycles. The molecule has 0 heterocycles. The summed E-state index contributed by atoms with van der Waals surface area (Å²) in [5.74, 6) is -0.521. The third-order valence-electron chi connectivity index (χ3n) is 3.19. The molecular weight excluding hydrogens is 448 g/mol. The molecule has 0 saturated carbocycles. The fourth-order valence-electron chi connectivity index (χ4n) is 2.03. The van der Waals surface area contributed by atoms with Gasteiger partial charge >= 0.3 is 0 Å². The van der Waals surface area contributed by atoms with Crippen LogP contribution in [-0.2, 0) is 9.59 Å². The van der Waals surface area contributed by atoms with E-state index in [1.54, 1.807) is 37.3 Å². The number of nitrogens with one attached hydrogen (secondary N) is 2. The molecule has 2 N–H and O–H groups in total. The van der Waals surface area contributed by atoms with E-state index in [4.69, 9.17) is 51.1 Å². The zero-order valence-corrected chi connectivity index (χ0v) is 17.6. The molecule has 2 aromatic rings. The van der Waals surface area contributed by atoms with Gasteiger partial charge in [-0.1, -0.05) is 46.4 Å². The van der Waals surface area contributed by atoms with Gasteiger partial charge in [-0.05, 0) is 43.3 Å². The van der Waals surface area contributed by atoms with Gasteiger partial charge in [0.2, 0.25) is 5.91 Å². The Balaban J connectivity index is 1.80. The van der Waals surface area contributed by atoms with Crippen molar-refractivity contribution in [2.45, 2.75) is 13.3 Å². The van der Waals surface area contributed by atoms with E-state index >= 15 is 0 Å². The number of hydrogen-bond donors (Lipinski definition) is 2. The van der Waals surface area contributed by atoms with Crippen LogP contribution < -0.4 is 15.5 Å². The summed E-state index contributed by atoms with van der Waals surface area (Å²) >= 11 is 23.5. The first kappa shape index (κ1) is 22.3. The number of hydrogen-bond acceptors (Lipinski definition) is 4. The van der Waals surface area contributed by atoms with E-state index in [0.29, 0.717) is 32.2 Å². The summed E-state index contributed by atoms with van der Waals surface area (Å²) in [6.45, 7) is 1.30. The second-order valence-electron chi connectivity index (χ2n) is 5.63. The molecule has 0 spiro atoms. The third-order valence-corrected chi connectivity index (χ3v) is 4.15. The van der Waals surface area contributed by atoms with E-state index in [1.807, 2.05) is 0 Å². The van der Waals surface area contributed by atoms with Crippen molar-refractivity contribution in [2.24, 2.45) is 5.10 Å². The predicted octanol–water partition coefficient (Wildman–Crippen LogP) is 5.20. The number of amides is 2. The van der Waals surface area contributed by atoms with Crippen molar-refractivity contribution in [3.8, 4) is 5.75 Å². The molecule has 2 aromatic carbocycles. The number of carbonyl (C=O) groups is 2. The van der Waals surface area contributed by atoms with Crippen molar-refractivity contribution in [2.75, 3.05) is 11.9 Å². The number of carbonyl (C=O) groups excluding carboxylic acids is 2. The van der Waals surface area contributed by atoms with E-state index in [1.165, 1.54) is 6.07 Å². The van der Waals surface area contributed by atoms with Gasteiger partial charge in [-0.2, -0.15) is 5.10 Å². The molecule has 0 bridgehead atoms. The van der Waals surface area contributed by atoms with Crippen LogP contribution >= 0.6 is 46.4 Å². The van der Waals surface area contributed by atoms with Crippen molar-refractivity contribution in [1.29, 1.82) is 0 Å². The lowest BCUT2D eigenvalue weighted by molar-refractivity contribution is -0.123. The maximum Gasteiger partial charge on any atom is 0.277 e. The monoisotopic (exact) mass is 461 g/mol. The minimum atomic E-state index is -0.507. The second kappa shape index (κ2) is 10.5.